The minimum atomic E-state index is -0.419. The molecule has 1 aromatic heterocycles. The lowest BCUT2D eigenvalue weighted by molar-refractivity contribution is -0.186. The minimum Gasteiger partial charge on any atom is -0.488 e. The topological polar surface area (TPSA) is 104 Å². The van der Waals surface area contributed by atoms with Crippen molar-refractivity contribution in [2.75, 3.05) is 19.8 Å². The van der Waals surface area contributed by atoms with Gasteiger partial charge in [0.2, 0.25) is 0 Å². The number of benzene rings is 3. The third-order valence-corrected chi connectivity index (χ3v) is 6.80. The standard InChI is InChI=1S/C32H34N4O5/c37-31(34-16-6-18-36-19-17-33-23-36)27(22-40-29-10-5-8-25-7-1-2-9-28(25)29)21-24-12-14-26(15-13-24)32(38)35-41-30-11-3-4-20-39-30/h1-2,5,7-10,12-15,17,19,21,23,30H,3-4,6,11,16,18,20,22H2,(H,34,37)(H,35,38)/b27-21+. The first-order valence-corrected chi connectivity index (χ1v) is 13.9. The largest absolute Gasteiger partial charge is 0.488 e. The molecule has 3 aromatic carbocycles. The van der Waals surface area contributed by atoms with E-state index in [-0.39, 0.29) is 18.4 Å². The Morgan fingerprint density at radius 2 is 1.90 bits per heavy atom. The van der Waals surface area contributed by atoms with Crippen molar-refractivity contribution in [3.8, 4) is 5.75 Å². The van der Waals surface area contributed by atoms with E-state index in [2.05, 4.69) is 15.8 Å². The first-order chi connectivity index (χ1) is 20.2. The number of nitrogens with one attached hydrogen (secondary N) is 2. The van der Waals surface area contributed by atoms with E-state index in [1.54, 1.807) is 42.9 Å². The predicted molar refractivity (Wildman–Crippen MR) is 156 cm³/mol. The highest BCUT2D eigenvalue weighted by Gasteiger charge is 2.17. The fourth-order valence-electron chi connectivity index (χ4n) is 4.56. The quantitative estimate of drug-likeness (QED) is 0.147. The van der Waals surface area contributed by atoms with Gasteiger partial charge in [-0.1, -0.05) is 48.5 Å². The molecule has 4 aromatic rings. The number of hydrogen-bond donors (Lipinski definition) is 2. The number of rotatable bonds is 12. The first kappa shape index (κ1) is 28.1. The van der Waals surface area contributed by atoms with E-state index in [1.807, 2.05) is 53.2 Å². The Morgan fingerprint density at radius 3 is 2.71 bits per heavy atom. The van der Waals surface area contributed by atoms with Crippen LogP contribution < -0.4 is 15.5 Å². The maximum absolute atomic E-state index is 13.2. The lowest BCUT2D eigenvalue weighted by Crippen LogP contribution is -2.33. The zero-order chi connectivity index (χ0) is 28.3. The molecule has 2 amide bonds. The molecule has 0 spiro atoms. The Bertz CT molecular complexity index is 1460. The van der Waals surface area contributed by atoms with Crippen molar-refractivity contribution in [3.05, 3.63) is 102 Å². The summed E-state index contributed by atoms with van der Waals surface area (Å²) in [6.07, 6.45) is 10.3. The van der Waals surface area contributed by atoms with Gasteiger partial charge in [-0.05, 0) is 54.5 Å². The van der Waals surface area contributed by atoms with Gasteiger partial charge in [0, 0.05) is 49.5 Å². The van der Waals surface area contributed by atoms with E-state index in [4.69, 9.17) is 14.3 Å². The summed E-state index contributed by atoms with van der Waals surface area (Å²) >= 11 is 0. The maximum atomic E-state index is 13.2. The van der Waals surface area contributed by atoms with Crippen LogP contribution in [-0.4, -0.2) is 47.4 Å². The van der Waals surface area contributed by atoms with Crippen molar-refractivity contribution in [3.63, 3.8) is 0 Å². The number of fused-ring (bicyclic) bond motifs is 1. The Morgan fingerprint density at radius 1 is 1.05 bits per heavy atom. The number of hydrogen-bond acceptors (Lipinski definition) is 6. The highest BCUT2D eigenvalue weighted by molar-refractivity contribution is 5.98. The van der Waals surface area contributed by atoms with Crippen LogP contribution in [0.15, 0.2) is 91.0 Å². The molecule has 5 rings (SSSR count). The summed E-state index contributed by atoms with van der Waals surface area (Å²) in [6, 6.07) is 20.8. The molecule has 1 aliphatic heterocycles. The van der Waals surface area contributed by atoms with E-state index in [1.165, 1.54) is 0 Å². The van der Waals surface area contributed by atoms with Crippen LogP contribution in [0.25, 0.3) is 16.8 Å². The van der Waals surface area contributed by atoms with Gasteiger partial charge >= 0.3 is 0 Å². The zero-order valence-electron chi connectivity index (χ0n) is 22.8. The van der Waals surface area contributed by atoms with Gasteiger partial charge in [-0.3, -0.25) is 9.59 Å². The van der Waals surface area contributed by atoms with Gasteiger partial charge in [-0.25, -0.2) is 15.3 Å². The highest BCUT2D eigenvalue weighted by atomic mass is 16.8. The average molecular weight is 555 g/mol. The van der Waals surface area contributed by atoms with Crippen molar-refractivity contribution in [1.82, 2.24) is 20.3 Å². The molecule has 0 saturated carbocycles. The fourth-order valence-corrected chi connectivity index (χ4v) is 4.56. The smallest absolute Gasteiger partial charge is 0.274 e. The van der Waals surface area contributed by atoms with Crippen LogP contribution in [0.4, 0.5) is 0 Å². The molecular weight excluding hydrogens is 520 g/mol. The monoisotopic (exact) mass is 554 g/mol. The predicted octanol–water partition coefficient (Wildman–Crippen LogP) is 4.89. The highest BCUT2D eigenvalue weighted by Crippen LogP contribution is 2.26. The molecule has 2 heterocycles. The second-order valence-electron chi connectivity index (χ2n) is 9.81. The molecule has 0 aliphatic carbocycles. The van der Waals surface area contributed by atoms with Gasteiger partial charge in [0.25, 0.3) is 11.8 Å². The SMILES string of the molecule is O=C(NCCCn1ccnc1)/C(=C/c1ccc(C(=O)NOC2CCCCO2)cc1)COc1cccc2ccccc12. The molecular formula is C32H34N4O5. The molecule has 1 saturated heterocycles. The molecule has 1 unspecified atom stereocenters. The second kappa shape index (κ2) is 14.2. The molecule has 1 atom stereocenters. The number of ether oxygens (including phenoxy) is 2. The average Bonchev–Trinajstić information content (AvgIpc) is 3.54. The number of nitrogens with zero attached hydrogens (tertiary/aromatic N) is 2. The van der Waals surface area contributed by atoms with Crippen molar-refractivity contribution < 1.29 is 23.9 Å². The molecule has 1 aliphatic rings. The molecule has 0 bridgehead atoms. The van der Waals surface area contributed by atoms with E-state index >= 15 is 0 Å². The summed E-state index contributed by atoms with van der Waals surface area (Å²) in [5.74, 6) is 0.138. The molecule has 212 valence electrons. The van der Waals surface area contributed by atoms with Crippen molar-refractivity contribution in [2.45, 2.75) is 38.5 Å². The van der Waals surface area contributed by atoms with E-state index in [9.17, 15) is 9.59 Å². The third-order valence-electron chi connectivity index (χ3n) is 6.80. The Labute approximate surface area is 239 Å². The normalized spacial score (nSPS) is 15.4. The van der Waals surface area contributed by atoms with Gasteiger partial charge in [0.15, 0.2) is 6.29 Å². The number of aryl methyl sites for hydroxylation is 1. The van der Waals surface area contributed by atoms with Gasteiger partial charge in [0.1, 0.15) is 12.4 Å². The minimum absolute atomic E-state index is 0.0822. The van der Waals surface area contributed by atoms with Crippen LogP contribution in [-0.2, 0) is 20.9 Å². The number of hydroxylamine groups is 1. The van der Waals surface area contributed by atoms with Gasteiger partial charge < -0.3 is 19.4 Å². The lowest BCUT2D eigenvalue weighted by atomic mass is 10.1. The molecule has 0 radical (unpaired) electrons. The van der Waals surface area contributed by atoms with Gasteiger partial charge in [-0.15, -0.1) is 0 Å². The zero-order valence-corrected chi connectivity index (χ0v) is 22.8. The van der Waals surface area contributed by atoms with Crippen LogP contribution >= 0.6 is 0 Å². The van der Waals surface area contributed by atoms with Crippen LogP contribution in [0.2, 0.25) is 0 Å². The Balaban J connectivity index is 1.25. The first-order valence-electron chi connectivity index (χ1n) is 13.9. The molecule has 2 N–H and O–H groups in total. The fraction of sp³-hybridized carbons (Fsp3) is 0.281. The van der Waals surface area contributed by atoms with Gasteiger partial charge in [-0.2, -0.15) is 0 Å². The van der Waals surface area contributed by atoms with Crippen molar-refractivity contribution in [2.24, 2.45) is 0 Å². The summed E-state index contributed by atoms with van der Waals surface area (Å²) in [6.45, 7) is 1.98. The molecule has 1 fully saturated rings. The number of amides is 2. The summed E-state index contributed by atoms with van der Waals surface area (Å²) in [7, 11) is 0. The van der Waals surface area contributed by atoms with E-state index in [0.717, 1.165) is 48.6 Å². The molecule has 41 heavy (non-hydrogen) atoms. The van der Waals surface area contributed by atoms with Crippen molar-refractivity contribution in [1.29, 1.82) is 0 Å². The van der Waals surface area contributed by atoms with Gasteiger partial charge in [0.05, 0.1) is 11.9 Å². The Hall–Kier alpha value is -4.47. The maximum Gasteiger partial charge on any atom is 0.274 e. The van der Waals surface area contributed by atoms with E-state index in [0.29, 0.717) is 30.0 Å². The van der Waals surface area contributed by atoms with Crippen molar-refractivity contribution >= 4 is 28.7 Å². The number of aromatic nitrogens is 2. The van der Waals surface area contributed by atoms with Crippen LogP contribution in [0, 0.1) is 0 Å². The van der Waals surface area contributed by atoms with Crippen LogP contribution in [0.3, 0.4) is 0 Å². The summed E-state index contributed by atoms with van der Waals surface area (Å²) < 4.78 is 13.6. The molecule has 9 nitrogen and oxygen atoms in total. The number of carbonyl (C=O) groups excluding carboxylic acids is 2. The van der Waals surface area contributed by atoms with Crippen LogP contribution in [0.5, 0.6) is 5.75 Å². The summed E-state index contributed by atoms with van der Waals surface area (Å²) in [5, 5.41) is 5.04. The third kappa shape index (κ3) is 8.03. The Kier molecular flexibility index (Phi) is 9.75. The lowest BCUT2D eigenvalue weighted by Gasteiger charge is -2.22. The molecule has 9 heteroatoms. The summed E-state index contributed by atoms with van der Waals surface area (Å²) in [5.41, 5.74) is 4.15. The number of imidazole rings is 1. The second-order valence-corrected chi connectivity index (χ2v) is 9.81. The van der Waals surface area contributed by atoms with E-state index < -0.39 is 6.29 Å². The number of carbonyl (C=O) groups is 2. The summed E-state index contributed by atoms with van der Waals surface area (Å²) in [4.78, 5) is 35.2. The van der Waals surface area contributed by atoms with Crippen LogP contribution in [0.1, 0.15) is 41.6 Å².